The number of thiophene rings is 1. The second-order valence-corrected chi connectivity index (χ2v) is 6.01. The number of hydrogen-bond acceptors (Lipinski definition) is 7. The topological polar surface area (TPSA) is 103 Å². The number of carbonyl (C=O) groups is 1. The molecule has 20 heavy (non-hydrogen) atoms. The fraction of sp³-hybridized carbons (Fsp3) is 0.273. The van der Waals surface area contributed by atoms with Gasteiger partial charge in [0.25, 0.3) is 0 Å². The lowest BCUT2D eigenvalue weighted by molar-refractivity contribution is 0.262. The summed E-state index contributed by atoms with van der Waals surface area (Å²) in [7, 11) is 0. The van der Waals surface area contributed by atoms with Crippen LogP contribution in [-0.2, 0) is 13.0 Å². The van der Waals surface area contributed by atoms with E-state index in [4.69, 9.17) is 0 Å². The largest absolute Gasteiger partial charge is 0.326 e. The summed E-state index contributed by atoms with van der Waals surface area (Å²) >= 11 is 2.67. The van der Waals surface area contributed by atoms with E-state index in [1.165, 1.54) is 28.2 Å². The van der Waals surface area contributed by atoms with Gasteiger partial charge in [0.1, 0.15) is 16.6 Å². The Morgan fingerprint density at radius 2 is 2.40 bits per heavy atom. The number of hydrogen-bond donors (Lipinski definition) is 3. The number of nitriles is 1. The van der Waals surface area contributed by atoms with Crippen molar-refractivity contribution in [3.63, 3.8) is 0 Å². The first-order valence-electron chi connectivity index (χ1n) is 5.87. The lowest BCUT2D eigenvalue weighted by Gasteiger charge is -2.11. The average Bonchev–Trinajstić information content (AvgIpc) is 3.05. The lowest BCUT2D eigenvalue weighted by atomic mass is 10.1. The monoisotopic (exact) mass is 306 g/mol. The standard InChI is InChI=1S/C11H10N6OS2/c12-3-7-6-1-2-13-4-8(6)20-9(7)15-10(18)16-11-17-14-5-19-11/h5,13H,1-2,4H2,(H2,15,16,17,18). The van der Waals surface area contributed by atoms with Gasteiger partial charge in [-0.1, -0.05) is 11.3 Å². The van der Waals surface area contributed by atoms with Gasteiger partial charge in [-0.3, -0.25) is 10.6 Å². The molecule has 0 radical (unpaired) electrons. The van der Waals surface area contributed by atoms with Crippen molar-refractivity contribution in [2.24, 2.45) is 0 Å². The molecular formula is C11H10N6OS2. The van der Waals surface area contributed by atoms with Gasteiger partial charge in [0.15, 0.2) is 0 Å². The zero-order valence-corrected chi connectivity index (χ0v) is 11.9. The molecule has 1 aliphatic rings. The number of nitrogens with one attached hydrogen (secondary N) is 3. The molecule has 3 N–H and O–H groups in total. The Labute approximate surface area is 122 Å². The van der Waals surface area contributed by atoms with Crippen molar-refractivity contribution >= 4 is 38.8 Å². The van der Waals surface area contributed by atoms with Crippen molar-refractivity contribution in [2.45, 2.75) is 13.0 Å². The zero-order valence-electron chi connectivity index (χ0n) is 10.3. The van der Waals surface area contributed by atoms with Crippen molar-refractivity contribution in [2.75, 3.05) is 17.2 Å². The van der Waals surface area contributed by atoms with Crippen molar-refractivity contribution < 1.29 is 4.79 Å². The molecule has 0 aromatic carbocycles. The maximum atomic E-state index is 11.9. The molecule has 102 valence electrons. The maximum Gasteiger partial charge on any atom is 0.326 e. The van der Waals surface area contributed by atoms with Gasteiger partial charge in [0.05, 0.1) is 5.56 Å². The number of amides is 2. The van der Waals surface area contributed by atoms with Crippen LogP contribution in [0, 0.1) is 11.3 Å². The van der Waals surface area contributed by atoms with Gasteiger partial charge >= 0.3 is 6.03 Å². The van der Waals surface area contributed by atoms with Crippen LogP contribution in [0.3, 0.4) is 0 Å². The number of anilines is 2. The number of nitrogens with zero attached hydrogens (tertiary/aromatic N) is 3. The van der Waals surface area contributed by atoms with E-state index in [0.29, 0.717) is 15.7 Å². The molecule has 0 unspecified atom stereocenters. The molecule has 0 aliphatic carbocycles. The van der Waals surface area contributed by atoms with Crippen LogP contribution in [0.4, 0.5) is 14.9 Å². The first-order chi connectivity index (χ1) is 9.78. The highest BCUT2D eigenvalue weighted by atomic mass is 32.1. The molecule has 7 nitrogen and oxygen atoms in total. The van der Waals surface area contributed by atoms with Gasteiger partial charge in [-0.15, -0.1) is 21.5 Å². The highest BCUT2D eigenvalue weighted by molar-refractivity contribution is 7.16. The van der Waals surface area contributed by atoms with Crippen molar-refractivity contribution in [1.29, 1.82) is 5.26 Å². The minimum atomic E-state index is -0.412. The van der Waals surface area contributed by atoms with Crippen molar-refractivity contribution in [3.8, 4) is 6.07 Å². The van der Waals surface area contributed by atoms with Crippen LogP contribution in [0.25, 0.3) is 0 Å². The van der Waals surface area contributed by atoms with Crippen LogP contribution in [-0.4, -0.2) is 22.8 Å². The number of fused-ring (bicyclic) bond motifs is 1. The summed E-state index contributed by atoms with van der Waals surface area (Å²) < 4.78 is 0. The third-order valence-corrected chi connectivity index (χ3v) is 4.60. The van der Waals surface area contributed by atoms with Gasteiger partial charge in [-0.2, -0.15) is 5.26 Å². The van der Waals surface area contributed by atoms with E-state index in [0.717, 1.165) is 30.0 Å². The summed E-state index contributed by atoms with van der Waals surface area (Å²) in [6.45, 7) is 1.60. The summed E-state index contributed by atoms with van der Waals surface area (Å²) in [6, 6.07) is 1.77. The fourth-order valence-electron chi connectivity index (χ4n) is 2.00. The van der Waals surface area contributed by atoms with E-state index in [9.17, 15) is 10.1 Å². The van der Waals surface area contributed by atoms with Crippen LogP contribution in [0.1, 0.15) is 16.0 Å². The summed E-state index contributed by atoms with van der Waals surface area (Å²) in [4.78, 5) is 13.0. The summed E-state index contributed by atoms with van der Waals surface area (Å²) in [5, 5.41) is 26.2. The molecule has 0 spiro atoms. The Bertz CT molecular complexity index is 672. The summed E-state index contributed by atoms with van der Waals surface area (Å²) in [5.41, 5.74) is 3.15. The zero-order chi connectivity index (χ0) is 13.9. The molecule has 0 saturated heterocycles. The number of urea groups is 1. The maximum absolute atomic E-state index is 11.9. The highest BCUT2D eigenvalue weighted by Gasteiger charge is 2.21. The first kappa shape index (κ1) is 13.0. The van der Waals surface area contributed by atoms with Crippen LogP contribution in [0.5, 0.6) is 0 Å². The Morgan fingerprint density at radius 1 is 1.50 bits per heavy atom. The molecule has 1 aliphatic heterocycles. The van der Waals surface area contributed by atoms with Gasteiger partial charge < -0.3 is 5.32 Å². The van der Waals surface area contributed by atoms with Gasteiger partial charge in [0.2, 0.25) is 5.13 Å². The van der Waals surface area contributed by atoms with Gasteiger partial charge in [-0.25, -0.2) is 4.79 Å². The molecule has 0 fully saturated rings. The average molecular weight is 306 g/mol. The third-order valence-electron chi connectivity index (χ3n) is 2.85. The first-order valence-corrected chi connectivity index (χ1v) is 7.57. The smallest absolute Gasteiger partial charge is 0.312 e. The fourth-order valence-corrected chi connectivity index (χ4v) is 3.60. The summed E-state index contributed by atoms with van der Waals surface area (Å²) in [5.74, 6) is 0. The summed E-state index contributed by atoms with van der Waals surface area (Å²) in [6.07, 6.45) is 0.814. The van der Waals surface area contributed by atoms with Crippen molar-refractivity contribution in [1.82, 2.24) is 15.5 Å². The SMILES string of the molecule is N#Cc1c(NC(=O)Nc2nncs2)sc2c1CCNC2. The van der Waals surface area contributed by atoms with Crippen LogP contribution in [0.2, 0.25) is 0 Å². The Hall–Kier alpha value is -2.02. The van der Waals surface area contributed by atoms with Gasteiger partial charge in [0, 0.05) is 11.4 Å². The lowest BCUT2D eigenvalue weighted by Crippen LogP contribution is -2.22. The molecule has 2 aromatic rings. The Balaban J connectivity index is 1.79. The Morgan fingerprint density at radius 3 is 3.15 bits per heavy atom. The molecule has 9 heteroatoms. The van der Waals surface area contributed by atoms with E-state index in [2.05, 4.69) is 32.2 Å². The Kier molecular flexibility index (Phi) is 3.60. The quantitative estimate of drug-likeness (QED) is 0.784. The molecule has 0 saturated carbocycles. The van der Waals surface area contributed by atoms with E-state index >= 15 is 0 Å². The minimum absolute atomic E-state index is 0.412. The number of aromatic nitrogens is 2. The molecule has 2 aromatic heterocycles. The van der Waals surface area contributed by atoms with E-state index in [1.807, 2.05) is 0 Å². The highest BCUT2D eigenvalue weighted by Crippen LogP contribution is 2.34. The molecular weight excluding hydrogens is 296 g/mol. The van der Waals surface area contributed by atoms with Crippen LogP contribution in [0.15, 0.2) is 5.51 Å². The molecule has 3 heterocycles. The van der Waals surface area contributed by atoms with Crippen molar-refractivity contribution in [3.05, 3.63) is 21.5 Å². The van der Waals surface area contributed by atoms with E-state index < -0.39 is 6.03 Å². The normalized spacial score (nSPS) is 13.3. The van der Waals surface area contributed by atoms with E-state index in [1.54, 1.807) is 0 Å². The van der Waals surface area contributed by atoms with E-state index in [-0.39, 0.29) is 0 Å². The number of rotatable bonds is 2. The molecule has 2 amide bonds. The van der Waals surface area contributed by atoms with Crippen LogP contribution < -0.4 is 16.0 Å². The second kappa shape index (κ2) is 5.54. The minimum Gasteiger partial charge on any atom is -0.312 e. The van der Waals surface area contributed by atoms with Gasteiger partial charge in [-0.05, 0) is 18.5 Å². The molecule has 3 rings (SSSR count). The molecule has 0 atom stereocenters. The molecule has 0 bridgehead atoms. The predicted molar refractivity (Wildman–Crippen MR) is 77.0 cm³/mol. The third kappa shape index (κ3) is 2.49. The van der Waals surface area contributed by atoms with Crippen LogP contribution >= 0.6 is 22.7 Å². The number of carbonyl (C=O) groups excluding carboxylic acids is 1. The second-order valence-electron chi connectivity index (χ2n) is 4.07. The predicted octanol–water partition coefficient (Wildman–Crippen LogP) is 1.76.